The normalized spacial score (nSPS) is 15.2. The summed E-state index contributed by atoms with van der Waals surface area (Å²) >= 11 is 0. The van der Waals surface area contributed by atoms with Crippen molar-refractivity contribution >= 4 is 22.5 Å². The van der Waals surface area contributed by atoms with Crippen LogP contribution in [0.2, 0.25) is 36.3 Å². The maximum atomic E-state index is 13.0. The largest absolute Gasteiger partial charge is 0.518 e. The Hall–Kier alpha value is -0.136. The summed E-state index contributed by atoms with van der Waals surface area (Å²) in [5.41, 5.74) is 0. The van der Waals surface area contributed by atoms with Gasteiger partial charge in [-0.25, -0.2) is 0 Å². The summed E-state index contributed by atoms with van der Waals surface area (Å²) < 4.78 is 6.14. The van der Waals surface area contributed by atoms with E-state index in [9.17, 15) is 4.79 Å². The first-order chi connectivity index (χ1) is 11.0. The number of hydrogen-bond acceptors (Lipinski definition) is 3. The van der Waals surface area contributed by atoms with E-state index in [1.54, 1.807) is 0 Å². The molecule has 0 aromatic rings. The maximum absolute atomic E-state index is 13.0. The van der Waals surface area contributed by atoms with E-state index in [4.69, 9.17) is 4.43 Å². The van der Waals surface area contributed by atoms with Crippen molar-refractivity contribution in [1.82, 2.24) is 4.98 Å². The Balaban J connectivity index is 5.21. The van der Waals surface area contributed by atoms with Gasteiger partial charge in [0.2, 0.25) is 0 Å². The third kappa shape index (κ3) is 7.96. The lowest BCUT2D eigenvalue weighted by atomic mass is 10.1. The molecule has 25 heavy (non-hydrogen) atoms. The molecule has 0 aromatic carbocycles. The lowest BCUT2D eigenvalue weighted by molar-refractivity contribution is -0.137. The third-order valence-electron chi connectivity index (χ3n) is 6.20. The Kier molecular flexibility index (Phi) is 9.13. The molecule has 0 aliphatic rings. The summed E-state index contributed by atoms with van der Waals surface area (Å²) in [4.78, 5) is 16.8. The van der Waals surface area contributed by atoms with Gasteiger partial charge in [0.05, 0.1) is 6.04 Å². The van der Waals surface area contributed by atoms with Crippen LogP contribution >= 0.6 is 0 Å². The average molecular weight is 388 g/mol. The van der Waals surface area contributed by atoms with Crippen LogP contribution in [-0.4, -0.2) is 28.6 Å². The van der Waals surface area contributed by atoms with Gasteiger partial charge in [0.1, 0.15) is 8.24 Å². The predicted octanol–water partition coefficient (Wildman–Crippen LogP) is 6.47. The predicted molar refractivity (Wildman–Crippen MR) is 116 cm³/mol. The fourth-order valence-corrected chi connectivity index (χ4v) is 4.67. The van der Waals surface area contributed by atoms with Crippen LogP contribution in [0.4, 0.5) is 0 Å². The average Bonchev–Trinajstić information content (AvgIpc) is 2.38. The molecule has 0 aliphatic heterocycles. The minimum absolute atomic E-state index is 0.0204. The van der Waals surface area contributed by atoms with E-state index in [1.807, 2.05) is 0 Å². The molecule has 0 heterocycles. The molecule has 0 radical (unpaired) electrons. The molecule has 0 aromatic heterocycles. The minimum Gasteiger partial charge on any atom is -0.518 e. The lowest BCUT2D eigenvalue weighted by Gasteiger charge is -2.41. The molecule has 0 spiro atoms. The molecule has 0 aliphatic carbocycles. The van der Waals surface area contributed by atoms with E-state index in [2.05, 4.69) is 79.6 Å². The second kappa shape index (κ2) is 9.18. The van der Waals surface area contributed by atoms with Gasteiger partial charge in [-0.3, -0.25) is 4.79 Å². The molecule has 0 bridgehead atoms. The number of nitrogens with one attached hydrogen (secondary N) is 1. The van der Waals surface area contributed by atoms with E-state index < -0.39 is 16.6 Å². The quantitative estimate of drug-likeness (QED) is 0.364. The summed E-state index contributed by atoms with van der Waals surface area (Å²) in [6.45, 7) is 24.6. The van der Waals surface area contributed by atoms with Crippen LogP contribution in [0.5, 0.6) is 0 Å². The third-order valence-corrected chi connectivity index (χ3v) is 15.3. The van der Waals surface area contributed by atoms with Gasteiger partial charge in [0.15, 0.2) is 0 Å². The number of hydrogen-bond donors (Lipinski definition) is 1. The van der Waals surface area contributed by atoms with E-state index in [1.165, 1.54) is 19.3 Å². The molecule has 1 atom stereocenters. The van der Waals surface area contributed by atoms with Crippen LogP contribution < -0.4 is 4.98 Å². The number of unbranched alkanes of at least 4 members (excludes halogenated alkanes) is 3. The number of carbonyl (C=O) groups is 1. The second-order valence-corrected chi connectivity index (χ2v) is 20.4. The zero-order valence-electron chi connectivity index (χ0n) is 18.9. The molecule has 1 N–H and O–H groups in total. The van der Waals surface area contributed by atoms with Crippen molar-refractivity contribution in [2.45, 2.75) is 123 Å². The molecule has 0 saturated heterocycles. The van der Waals surface area contributed by atoms with Crippen LogP contribution in [0.25, 0.3) is 0 Å². The van der Waals surface area contributed by atoms with Crippen molar-refractivity contribution in [3.63, 3.8) is 0 Å². The Bertz CT molecular complexity index is 420. The lowest BCUT2D eigenvalue weighted by Crippen LogP contribution is -2.59. The first-order valence-electron chi connectivity index (χ1n) is 10.1. The topological polar surface area (TPSA) is 38.3 Å². The highest BCUT2D eigenvalue weighted by Crippen LogP contribution is 2.38. The fourth-order valence-electron chi connectivity index (χ4n) is 2.15. The van der Waals surface area contributed by atoms with Crippen molar-refractivity contribution < 1.29 is 9.22 Å². The SMILES string of the molecule is CCCCCCC(N[Si](C)(C)C(C)(C)C)C(=O)O[Si](C)(C)C(C)(C)C. The van der Waals surface area contributed by atoms with Crippen molar-refractivity contribution in [3.8, 4) is 0 Å². The standard InChI is InChI=1S/C20H45NO2Si2/c1-12-13-14-15-16-17(21-24(8,9)19(2,3)4)18(22)23-25(10,11)20(5,6)7/h17,21H,12-16H2,1-11H3. The Labute approximate surface area is 159 Å². The molecule has 150 valence electrons. The first kappa shape index (κ1) is 24.9. The van der Waals surface area contributed by atoms with E-state index in [0.29, 0.717) is 0 Å². The van der Waals surface area contributed by atoms with Crippen molar-refractivity contribution in [1.29, 1.82) is 0 Å². The van der Waals surface area contributed by atoms with E-state index >= 15 is 0 Å². The Morgan fingerprint density at radius 1 is 0.920 bits per heavy atom. The van der Waals surface area contributed by atoms with Gasteiger partial charge < -0.3 is 9.41 Å². The molecule has 0 fully saturated rings. The van der Waals surface area contributed by atoms with Gasteiger partial charge in [0.25, 0.3) is 8.32 Å². The van der Waals surface area contributed by atoms with Gasteiger partial charge in [-0.15, -0.1) is 0 Å². The molecule has 1 unspecified atom stereocenters. The molecule has 0 saturated carbocycles. The van der Waals surface area contributed by atoms with Gasteiger partial charge in [0, 0.05) is 0 Å². The molecular weight excluding hydrogens is 342 g/mol. The smallest absolute Gasteiger partial charge is 0.309 e. The molecule has 5 heteroatoms. The van der Waals surface area contributed by atoms with Crippen LogP contribution in [-0.2, 0) is 9.22 Å². The maximum Gasteiger partial charge on any atom is 0.309 e. The van der Waals surface area contributed by atoms with Crippen molar-refractivity contribution in [2.24, 2.45) is 0 Å². The molecule has 0 rings (SSSR count). The summed E-state index contributed by atoms with van der Waals surface area (Å²) in [5, 5.41) is 0.248. The zero-order valence-corrected chi connectivity index (χ0v) is 20.9. The molecule has 3 nitrogen and oxygen atoms in total. The highest BCUT2D eigenvalue weighted by molar-refractivity contribution is 6.78. The van der Waals surface area contributed by atoms with Gasteiger partial charge in [-0.05, 0) is 29.6 Å². The Morgan fingerprint density at radius 3 is 1.84 bits per heavy atom. The van der Waals surface area contributed by atoms with Gasteiger partial charge in [-0.2, -0.15) is 0 Å². The van der Waals surface area contributed by atoms with Gasteiger partial charge in [-0.1, -0.05) is 87.2 Å². The summed E-state index contributed by atoms with van der Waals surface area (Å²) in [6.07, 6.45) is 5.63. The fraction of sp³-hybridized carbons (Fsp3) is 0.950. The van der Waals surface area contributed by atoms with Crippen molar-refractivity contribution in [2.75, 3.05) is 0 Å². The number of carbonyl (C=O) groups excluding carboxylic acids is 1. The summed E-state index contributed by atoms with van der Waals surface area (Å²) in [7, 11) is -3.84. The van der Waals surface area contributed by atoms with Crippen molar-refractivity contribution in [3.05, 3.63) is 0 Å². The van der Waals surface area contributed by atoms with E-state index in [0.717, 1.165) is 12.8 Å². The molecule has 0 amide bonds. The zero-order chi connectivity index (χ0) is 20.1. The monoisotopic (exact) mass is 387 g/mol. The highest BCUT2D eigenvalue weighted by Gasteiger charge is 2.43. The van der Waals surface area contributed by atoms with Gasteiger partial charge >= 0.3 is 5.97 Å². The number of rotatable bonds is 9. The summed E-state index contributed by atoms with van der Waals surface area (Å²) in [6, 6.07) is -0.160. The van der Waals surface area contributed by atoms with Crippen LogP contribution in [0.1, 0.15) is 80.6 Å². The van der Waals surface area contributed by atoms with Crippen LogP contribution in [0.15, 0.2) is 0 Å². The first-order valence-corrected chi connectivity index (χ1v) is 16.0. The Morgan fingerprint density at radius 2 is 1.44 bits per heavy atom. The second-order valence-electron chi connectivity index (χ2n) is 10.6. The molecular formula is C20H45NO2Si2. The van der Waals surface area contributed by atoms with E-state index in [-0.39, 0.29) is 22.1 Å². The highest BCUT2D eigenvalue weighted by atomic mass is 28.4. The summed E-state index contributed by atoms with van der Waals surface area (Å²) in [5.74, 6) is -0.0204. The minimum atomic E-state index is -2.08. The van der Waals surface area contributed by atoms with Crippen LogP contribution in [0.3, 0.4) is 0 Å². The van der Waals surface area contributed by atoms with Crippen LogP contribution in [0, 0.1) is 0 Å².